The summed E-state index contributed by atoms with van der Waals surface area (Å²) >= 11 is 0. The molecule has 0 radical (unpaired) electrons. The van der Waals surface area contributed by atoms with Gasteiger partial charge in [-0.15, -0.1) is 0 Å². The summed E-state index contributed by atoms with van der Waals surface area (Å²) in [6.07, 6.45) is 5.61. The Hall–Kier alpha value is -1.53. The summed E-state index contributed by atoms with van der Waals surface area (Å²) in [5, 5.41) is 12.2. The number of ether oxygens (including phenoxy) is 1. The fraction of sp³-hybridized carbons (Fsp3) is 0.562. The van der Waals surface area contributed by atoms with Crippen LogP contribution in [-0.2, 0) is 6.54 Å². The van der Waals surface area contributed by atoms with Crippen LogP contribution in [0.15, 0.2) is 24.3 Å². The van der Waals surface area contributed by atoms with Crippen LogP contribution in [0.5, 0.6) is 5.75 Å². The van der Waals surface area contributed by atoms with Crippen LogP contribution in [-0.4, -0.2) is 12.6 Å². The lowest BCUT2D eigenvalue weighted by Crippen LogP contribution is -2.32. The molecule has 19 heavy (non-hydrogen) atoms. The normalized spacial score (nSPS) is 18.3. The summed E-state index contributed by atoms with van der Waals surface area (Å²) in [5.74, 6) is 2.63. The van der Waals surface area contributed by atoms with E-state index in [0.29, 0.717) is 0 Å². The number of nitrogens with zero attached hydrogens (tertiary/aromatic N) is 1. The summed E-state index contributed by atoms with van der Waals surface area (Å²) < 4.78 is 5.33. The quantitative estimate of drug-likeness (QED) is 0.816. The van der Waals surface area contributed by atoms with Crippen LogP contribution in [0.1, 0.15) is 31.2 Å². The molecule has 0 unspecified atom stereocenters. The van der Waals surface area contributed by atoms with Crippen molar-refractivity contribution in [2.24, 2.45) is 11.8 Å². The number of nitriles is 1. The molecule has 0 bridgehead atoms. The van der Waals surface area contributed by atoms with Crippen molar-refractivity contribution < 1.29 is 4.74 Å². The van der Waals surface area contributed by atoms with Gasteiger partial charge < -0.3 is 10.1 Å². The van der Waals surface area contributed by atoms with Gasteiger partial charge in [-0.05, 0) is 55.2 Å². The highest BCUT2D eigenvalue weighted by atomic mass is 16.5. The Bertz CT molecular complexity index is 460. The van der Waals surface area contributed by atoms with Gasteiger partial charge in [-0.2, -0.15) is 5.26 Å². The molecule has 0 saturated heterocycles. The zero-order valence-electron chi connectivity index (χ0n) is 11.1. The molecule has 0 aliphatic heterocycles. The lowest BCUT2D eigenvalue weighted by atomic mass is 10.1. The van der Waals surface area contributed by atoms with Crippen LogP contribution in [0, 0.1) is 23.2 Å². The van der Waals surface area contributed by atoms with Gasteiger partial charge in [0.2, 0.25) is 0 Å². The van der Waals surface area contributed by atoms with Crippen molar-refractivity contribution in [1.82, 2.24) is 5.32 Å². The van der Waals surface area contributed by atoms with Gasteiger partial charge in [-0.25, -0.2) is 0 Å². The van der Waals surface area contributed by atoms with Gasteiger partial charge >= 0.3 is 0 Å². The highest BCUT2D eigenvalue weighted by Gasteiger charge is 2.40. The first-order valence-corrected chi connectivity index (χ1v) is 7.19. The molecule has 3 heteroatoms. The highest BCUT2D eigenvalue weighted by Crippen LogP contribution is 2.44. The Morgan fingerprint density at radius 1 is 1.26 bits per heavy atom. The number of hydrogen-bond donors (Lipinski definition) is 1. The average Bonchev–Trinajstić information content (AvgIpc) is 3.29. The third-order valence-electron chi connectivity index (χ3n) is 4.00. The fourth-order valence-corrected chi connectivity index (χ4v) is 2.73. The monoisotopic (exact) mass is 256 g/mol. The molecule has 0 atom stereocenters. The maximum absolute atomic E-state index is 8.52. The van der Waals surface area contributed by atoms with Crippen molar-refractivity contribution in [3.63, 3.8) is 0 Å². The molecule has 2 aliphatic carbocycles. The number of rotatable bonds is 7. The van der Waals surface area contributed by atoms with Crippen LogP contribution in [0.2, 0.25) is 0 Å². The van der Waals surface area contributed by atoms with E-state index >= 15 is 0 Å². The summed E-state index contributed by atoms with van der Waals surface area (Å²) in [6.45, 7) is 1.02. The topological polar surface area (TPSA) is 45.0 Å². The van der Waals surface area contributed by atoms with E-state index in [2.05, 4.69) is 11.4 Å². The maximum atomic E-state index is 8.52. The molecule has 3 nitrogen and oxygen atoms in total. The Kier molecular flexibility index (Phi) is 3.70. The molecule has 2 fully saturated rings. The summed E-state index contributed by atoms with van der Waals surface area (Å²) in [6, 6.07) is 10.8. The largest absolute Gasteiger partial charge is 0.479 e. The van der Waals surface area contributed by atoms with Gasteiger partial charge in [-0.3, -0.25) is 0 Å². The van der Waals surface area contributed by atoms with Crippen LogP contribution < -0.4 is 10.1 Å². The minimum Gasteiger partial charge on any atom is -0.479 e. The second-order valence-electron chi connectivity index (χ2n) is 5.68. The third kappa shape index (κ3) is 3.48. The molecule has 1 aromatic carbocycles. The van der Waals surface area contributed by atoms with Crippen molar-refractivity contribution in [1.29, 1.82) is 5.26 Å². The van der Waals surface area contributed by atoms with Crippen molar-refractivity contribution in [2.45, 2.75) is 38.3 Å². The standard InChI is InChI=1S/C16H20N2O/c17-8-9-19-15-3-1-2-12(10-15)11-18-16(13-4-5-13)14-6-7-14/h1-3,10,13-14,16,18H,4-7,9,11H2. The Morgan fingerprint density at radius 3 is 2.63 bits per heavy atom. The predicted octanol–water partition coefficient (Wildman–Crippen LogP) is 2.87. The van der Waals surface area contributed by atoms with Crippen molar-refractivity contribution in [3.05, 3.63) is 29.8 Å². The van der Waals surface area contributed by atoms with Crippen LogP contribution in [0.25, 0.3) is 0 Å². The zero-order valence-corrected chi connectivity index (χ0v) is 11.1. The smallest absolute Gasteiger partial charge is 0.174 e. The van der Waals surface area contributed by atoms with E-state index in [1.54, 1.807) is 0 Å². The van der Waals surface area contributed by atoms with E-state index in [-0.39, 0.29) is 6.61 Å². The van der Waals surface area contributed by atoms with E-state index in [1.165, 1.54) is 31.2 Å². The Labute approximate surface area is 114 Å². The fourth-order valence-electron chi connectivity index (χ4n) is 2.73. The van der Waals surface area contributed by atoms with E-state index in [1.807, 2.05) is 24.3 Å². The maximum Gasteiger partial charge on any atom is 0.174 e. The molecular formula is C16H20N2O. The molecule has 3 rings (SSSR count). The van der Waals surface area contributed by atoms with Crippen molar-refractivity contribution >= 4 is 0 Å². The molecule has 2 aliphatic rings. The highest BCUT2D eigenvalue weighted by molar-refractivity contribution is 5.28. The zero-order chi connectivity index (χ0) is 13.1. The van der Waals surface area contributed by atoms with Gasteiger partial charge in [0, 0.05) is 12.6 Å². The summed E-state index contributed by atoms with van der Waals surface area (Å²) in [5.41, 5.74) is 1.24. The van der Waals surface area contributed by atoms with E-state index in [9.17, 15) is 0 Å². The third-order valence-corrected chi connectivity index (χ3v) is 4.00. The van der Waals surface area contributed by atoms with Gasteiger partial charge in [0.25, 0.3) is 0 Å². The summed E-state index contributed by atoms with van der Waals surface area (Å²) in [7, 11) is 0. The van der Waals surface area contributed by atoms with Crippen LogP contribution >= 0.6 is 0 Å². The molecule has 1 aromatic rings. The van der Waals surface area contributed by atoms with Crippen molar-refractivity contribution in [3.8, 4) is 11.8 Å². The van der Waals surface area contributed by atoms with Crippen LogP contribution in [0.3, 0.4) is 0 Å². The van der Waals surface area contributed by atoms with Crippen molar-refractivity contribution in [2.75, 3.05) is 6.61 Å². The van der Waals surface area contributed by atoms with E-state index in [0.717, 1.165) is 30.2 Å². The SMILES string of the molecule is N#CCOc1cccc(CNC(C2CC2)C2CC2)c1. The first-order valence-electron chi connectivity index (χ1n) is 7.19. The van der Waals surface area contributed by atoms with Gasteiger partial charge in [-0.1, -0.05) is 12.1 Å². The first-order chi connectivity index (χ1) is 9.36. The molecular weight excluding hydrogens is 236 g/mol. The Morgan fingerprint density at radius 2 is 2.00 bits per heavy atom. The average molecular weight is 256 g/mol. The number of hydrogen-bond acceptors (Lipinski definition) is 3. The van der Waals surface area contributed by atoms with E-state index < -0.39 is 0 Å². The van der Waals surface area contributed by atoms with Gasteiger partial charge in [0.1, 0.15) is 11.8 Å². The number of nitrogens with one attached hydrogen (secondary N) is 1. The molecule has 0 heterocycles. The molecule has 1 N–H and O–H groups in total. The second kappa shape index (κ2) is 5.63. The van der Waals surface area contributed by atoms with Crippen LogP contribution in [0.4, 0.5) is 0 Å². The first kappa shape index (κ1) is 12.5. The van der Waals surface area contributed by atoms with Gasteiger partial charge in [0.05, 0.1) is 0 Å². The second-order valence-corrected chi connectivity index (χ2v) is 5.68. The molecule has 0 aromatic heterocycles. The minimum atomic E-state index is 0.115. The summed E-state index contributed by atoms with van der Waals surface area (Å²) in [4.78, 5) is 0. The predicted molar refractivity (Wildman–Crippen MR) is 73.6 cm³/mol. The lowest BCUT2D eigenvalue weighted by molar-refractivity contribution is 0.367. The van der Waals surface area contributed by atoms with Gasteiger partial charge in [0.15, 0.2) is 6.61 Å². The van der Waals surface area contributed by atoms with E-state index in [4.69, 9.17) is 10.00 Å². The lowest BCUT2D eigenvalue weighted by Gasteiger charge is -2.17. The molecule has 2 saturated carbocycles. The molecule has 0 amide bonds. The number of benzene rings is 1. The molecule has 100 valence electrons. The minimum absolute atomic E-state index is 0.115. The molecule has 0 spiro atoms. The Balaban J connectivity index is 1.55.